The van der Waals surface area contributed by atoms with Crippen LogP contribution in [0, 0.1) is 0 Å². The second-order valence-corrected chi connectivity index (χ2v) is 3.40. The maximum absolute atomic E-state index is 11.9. The first-order chi connectivity index (χ1) is 7.39. The van der Waals surface area contributed by atoms with Gasteiger partial charge in [-0.1, -0.05) is 30.3 Å². The minimum absolute atomic E-state index is 0.267. The Morgan fingerprint density at radius 1 is 1.31 bits per heavy atom. The summed E-state index contributed by atoms with van der Waals surface area (Å²) in [6.45, 7) is 1.43. The molecule has 0 radical (unpaired) electrons. The van der Waals surface area contributed by atoms with E-state index in [2.05, 4.69) is 4.74 Å². The van der Waals surface area contributed by atoms with Crippen LogP contribution in [0.25, 0.3) is 0 Å². The fourth-order valence-electron chi connectivity index (χ4n) is 1.24. The number of alkyl halides is 3. The molecular weight excluding hydrogens is 221 g/mol. The normalized spacial score (nSPS) is 13.2. The highest BCUT2D eigenvalue weighted by atomic mass is 19.4. The molecule has 1 rings (SSSR count). The summed E-state index contributed by atoms with van der Waals surface area (Å²) >= 11 is 0. The van der Waals surface area contributed by atoms with Crippen LogP contribution in [0.5, 0.6) is 0 Å². The minimum atomic E-state index is -4.93. The Bertz CT molecular complexity index is 346. The van der Waals surface area contributed by atoms with Crippen molar-refractivity contribution in [2.75, 3.05) is 0 Å². The van der Waals surface area contributed by atoms with E-state index in [0.717, 1.165) is 5.56 Å². The lowest BCUT2D eigenvalue weighted by atomic mass is 10.1. The van der Waals surface area contributed by atoms with Crippen LogP contribution >= 0.6 is 0 Å². The Morgan fingerprint density at radius 2 is 1.88 bits per heavy atom. The fraction of sp³-hybridized carbons (Fsp3) is 0.364. The maximum Gasteiger partial charge on any atom is 0.490 e. The Kier molecular flexibility index (Phi) is 3.93. The standard InChI is InChI=1S/C11H11F3O2/c1-8(16-10(15)11(12,13)14)7-9-5-3-2-4-6-9/h2-6,8H,7H2,1H3. The van der Waals surface area contributed by atoms with Gasteiger partial charge in [-0.15, -0.1) is 0 Å². The Morgan fingerprint density at radius 3 is 2.38 bits per heavy atom. The minimum Gasteiger partial charge on any atom is -0.456 e. The van der Waals surface area contributed by atoms with Gasteiger partial charge in [-0.3, -0.25) is 0 Å². The number of carbonyl (C=O) groups excluding carboxylic acids is 1. The highest BCUT2D eigenvalue weighted by molar-refractivity contribution is 5.75. The van der Waals surface area contributed by atoms with E-state index in [0.29, 0.717) is 0 Å². The summed E-state index contributed by atoms with van der Waals surface area (Å²) < 4.78 is 39.9. The smallest absolute Gasteiger partial charge is 0.456 e. The number of hydrogen-bond acceptors (Lipinski definition) is 2. The summed E-state index contributed by atoms with van der Waals surface area (Å²) in [6, 6.07) is 8.87. The zero-order chi connectivity index (χ0) is 12.2. The molecule has 0 saturated carbocycles. The molecule has 0 bridgehead atoms. The van der Waals surface area contributed by atoms with Crippen LogP contribution in [0.1, 0.15) is 12.5 Å². The summed E-state index contributed by atoms with van der Waals surface area (Å²) in [5, 5.41) is 0. The van der Waals surface area contributed by atoms with E-state index in [1.165, 1.54) is 6.92 Å². The molecule has 0 fully saturated rings. The summed E-state index contributed by atoms with van der Waals surface area (Å²) in [6.07, 6.45) is -5.45. The number of ether oxygens (including phenoxy) is 1. The molecule has 0 heterocycles. The second kappa shape index (κ2) is 5.01. The molecular formula is C11H11F3O2. The molecule has 2 nitrogen and oxygen atoms in total. The van der Waals surface area contributed by atoms with Gasteiger partial charge in [0.15, 0.2) is 0 Å². The number of carbonyl (C=O) groups is 1. The van der Waals surface area contributed by atoms with E-state index in [9.17, 15) is 18.0 Å². The summed E-state index contributed by atoms with van der Waals surface area (Å²) in [4.78, 5) is 10.5. The lowest BCUT2D eigenvalue weighted by molar-refractivity contribution is -0.204. The molecule has 1 atom stereocenters. The molecule has 0 aromatic heterocycles. The molecule has 16 heavy (non-hydrogen) atoms. The number of benzene rings is 1. The third kappa shape index (κ3) is 3.92. The third-order valence-corrected chi connectivity index (χ3v) is 1.91. The number of halogens is 3. The Balaban J connectivity index is 2.49. The number of rotatable bonds is 3. The van der Waals surface area contributed by atoms with Gasteiger partial charge in [0, 0.05) is 6.42 Å². The monoisotopic (exact) mass is 232 g/mol. The Labute approximate surface area is 91.0 Å². The van der Waals surface area contributed by atoms with Crippen LogP contribution in [-0.2, 0) is 16.0 Å². The van der Waals surface area contributed by atoms with Crippen molar-refractivity contribution in [1.29, 1.82) is 0 Å². The van der Waals surface area contributed by atoms with Crippen LogP contribution in [0.3, 0.4) is 0 Å². The zero-order valence-corrected chi connectivity index (χ0v) is 8.62. The maximum atomic E-state index is 11.9. The van der Waals surface area contributed by atoms with Crippen LogP contribution < -0.4 is 0 Å². The molecule has 0 aliphatic rings. The predicted octanol–water partition coefficient (Wildman–Crippen LogP) is 2.72. The van der Waals surface area contributed by atoms with Gasteiger partial charge >= 0.3 is 12.1 Å². The molecule has 1 aromatic carbocycles. The van der Waals surface area contributed by atoms with E-state index >= 15 is 0 Å². The average Bonchev–Trinajstić information content (AvgIpc) is 2.17. The molecule has 0 saturated heterocycles. The van der Waals surface area contributed by atoms with Crippen molar-refractivity contribution >= 4 is 5.97 Å². The van der Waals surface area contributed by atoms with E-state index in [4.69, 9.17) is 0 Å². The van der Waals surface area contributed by atoms with E-state index in [1.807, 2.05) is 0 Å². The van der Waals surface area contributed by atoms with Crippen LogP contribution in [-0.4, -0.2) is 18.2 Å². The van der Waals surface area contributed by atoms with Gasteiger partial charge in [0.25, 0.3) is 0 Å². The second-order valence-electron chi connectivity index (χ2n) is 3.40. The van der Waals surface area contributed by atoms with Crippen molar-refractivity contribution in [2.24, 2.45) is 0 Å². The summed E-state index contributed by atoms with van der Waals surface area (Å²) in [5.74, 6) is -2.14. The lowest BCUT2D eigenvalue weighted by Gasteiger charge is -2.14. The highest BCUT2D eigenvalue weighted by Crippen LogP contribution is 2.18. The zero-order valence-electron chi connectivity index (χ0n) is 8.62. The van der Waals surface area contributed by atoms with Crippen LogP contribution in [0.2, 0.25) is 0 Å². The van der Waals surface area contributed by atoms with Crippen LogP contribution in [0.4, 0.5) is 13.2 Å². The fourth-order valence-corrected chi connectivity index (χ4v) is 1.24. The molecule has 0 amide bonds. The highest BCUT2D eigenvalue weighted by Gasteiger charge is 2.41. The first-order valence-corrected chi connectivity index (χ1v) is 4.71. The van der Waals surface area contributed by atoms with Gasteiger partial charge in [0.05, 0.1) is 0 Å². The van der Waals surface area contributed by atoms with Gasteiger partial charge in [0.2, 0.25) is 0 Å². The molecule has 1 aromatic rings. The van der Waals surface area contributed by atoms with Gasteiger partial charge in [-0.25, -0.2) is 4.79 Å². The largest absolute Gasteiger partial charge is 0.490 e. The average molecular weight is 232 g/mol. The van der Waals surface area contributed by atoms with Crippen molar-refractivity contribution in [3.05, 3.63) is 35.9 Å². The quantitative estimate of drug-likeness (QED) is 0.749. The molecule has 88 valence electrons. The molecule has 0 spiro atoms. The van der Waals surface area contributed by atoms with Crippen molar-refractivity contribution in [1.82, 2.24) is 0 Å². The third-order valence-electron chi connectivity index (χ3n) is 1.91. The SMILES string of the molecule is CC(Cc1ccccc1)OC(=O)C(F)(F)F. The lowest BCUT2D eigenvalue weighted by Crippen LogP contribution is -2.29. The molecule has 0 aliphatic carbocycles. The van der Waals surface area contributed by atoms with Gasteiger partial charge in [-0.05, 0) is 12.5 Å². The number of hydrogen-bond donors (Lipinski definition) is 0. The molecule has 5 heteroatoms. The van der Waals surface area contributed by atoms with E-state index in [1.54, 1.807) is 30.3 Å². The van der Waals surface area contributed by atoms with Crippen molar-refractivity contribution in [3.8, 4) is 0 Å². The predicted molar refractivity (Wildman–Crippen MR) is 51.8 cm³/mol. The molecule has 1 unspecified atom stereocenters. The van der Waals surface area contributed by atoms with Crippen molar-refractivity contribution < 1.29 is 22.7 Å². The van der Waals surface area contributed by atoms with Gasteiger partial charge in [0.1, 0.15) is 6.10 Å². The van der Waals surface area contributed by atoms with Gasteiger partial charge < -0.3 is 4.74 Å². The summed E-state index contributed by atoms with van der Waals surface area (Å²) in [7, 11) is 0. The molecule has 0 aliphatic heterocycles. The Hall–Kier alpha value is -1.52. The van der Waals surface area contributed by atoms with E-state index < -0.39 is 18.2 Å². The van der Waals surface area contributed by atoms with Crippen LogP contribution in [0.15, 0.2) is 30.3 Å². The topological polar surface area (TPSA) is 26.3 Å². The van der Waals surface area contributed by atoms with Gasteiger partial charge in [-0.2, -0.15) is 13.2 Å². The molecule has 0 N–H and O–H groups in total. The first-order valence-electron chi connectivity index (χ1n) is 4.71. The first kappa shape index (κ1) is 12.5. The van der Waals surface area contributed by atoms with Crippen molar-refractivity contribution in [2.45, 2.75) is 25.6 Å². The number of esters is 1. The summed E-state index contributed by atoms with van der Waals surface area (Å²) in [5.41, 5.74) is 0.824. The van der Waals surface area contributed by atoms with E-state index in [-0.39, 0.29) is 6.42 Å². The van der Waals surface area contributed by atoms with Crippen molar-refractivity contribution in [3.63, 3.8) is 0 Å².